The number of benzene rings is 1. The van der Waals surface area contributed by atoms with Crippen LogP contribution in [0.3, 0.4) is 0 Å². The molecular weight excluding hydrogens is 326 g/mol. The Labute approximate surface area is 153 Å². The van der Waals surface area contributed by atoms with E-state index in [4.69, 9.17) is 11.5 Å². The second-order valence-corrected chi connectivity index (χ2v) is 6.72. The van der Waals surface area contributed by atoms with Gasteiger partial charge in [-0.05, 0) is 6.07 Å². The van der Waals surface area contributed by atoms with E-state index in [-0.39, 0.29) is 11.4 Å². The summed E-state index contributed by atoms with van der Waals surface area (Å²) >= 11 is 0. The lowest BCUT2D eigenvalue weighted by Crippen LogP contribution is -2.31. The Morgan fingerprint density at radius 3 is 2.46 bits per heavy atom. The molecule has 0 atom stereocenters. The third-order valence-corrected chi connectivity index (χ3v) is 4.36. The summed E-state index contributed by atoms with van der Waals surface area (Å²) in [7, 11) is 1.90. The van der Waals surface area contributed by atoms with Crippen LogP contribution in [0.25, 0.3) is 11.4 Å². The van der Waals surface area contributed by atoms with Gasteiger partial charge in [0.05, 0.1) is 0 Å². The van der Waals surface area contributed by atoms with Crippen molar-refractivity contribution in [3.05, 3.63) is 54.4 Å². The summed E-state index contributed by atoms with van der Waals surface area (Å²) in [5.74, 6) is 2.26. The van der Waals surface area contributed by atoms with Gasteiger partial charge in [-0.2, -0.15) is 4.98 Å². The fourth-order valence-electron chi connectivity index (χ4n) is 2.60. The van der Waals surface area contributed by atoms with E-state index in [1.165, 1.54) is 0 Å². The Hall–Kier alpha value is -3.06. The molecule has 26 heavy (non-hydrogen) atoms. The quantitative estimate of drug-likeness (QED) is 0.729. The summed E-state index contributed by atoms with van der Waals surface area (Å²) in [5.41, 5.74) is 13.4. The SMILES string of the molecule is CN(c1ccnc(-c2ccccc2)n1)c1nc(N)ncc1C(C)(C)CN. The van der Waals surface area contributed by atoms with Gasteiger partial charge in [-0.1, -0.05) is 44.2 Å². The van der Waals surface area contributed by atoms with Gasteiger partial charge in [0.25, 0.3) is 0 Å². The summed E-state index contributed by atoms with van der Waals surface area (Å²) in [6.45, 7) is 4.56. The molecule has 0 aliphatic rings. The van der Waals surface area contributed by atoms with Crippen LogP contribution < -0.4 is 16.4 Å². The molecule has 134 valence electrons. The first kappa shape index (κ1) is 17.8. The van der Waals surface area contributed by atoms with Crippen molar-refractivity contribution in [2.24, 2.45) is 5.73 Å². The Bertz CT molecular complexity index is 893. The van der Waals surface area contributed by atoms with Crippen LogP contribution in [0.5, 0.6) is 0 Å². The van der Waals surface area contributed by atoms with Gasteiger partial charge >= 0.3 is 0 Å². The average Bonchev–Trinajstić information content (AvgIpc) is 2.68. The molecule has 7 nitrogen and oxygen atoms in total. The van der Waals surface area contributed by atoms with Gasteiger partial charge in [-0.25, -0.2) is 15.0 Å². The lowest BCUT2D eigenvalue weighted by atomic mass is 9.85. The number of nitrogens with zero attached hydrogens (tertiary/aromatic N) is 5. The van der Waals surface area contributed by atoms with E-state index in [9.17, 15) is 0 Å². The smallest absolute Gasteiger partial charge is 0.221 e. The minimum absolute atomic E-state index is 0.209. The number of hydrogen-bond acceptors (Lipinski definition) is 7. The zero-order valence-corrected chi connectivity index (χ0v) is 15.2. The van der Waals surface area contributed by atoms with Crippen molar-refractivity contribution in [2.75, 3.05) is 24.2 Å². The lowest BCUT2D eigenvalue weighted by molar-refractivity contribution is 0.535. The first-order valence-corrected chi connectivity index (χ1v) is 8.37. The molecule has 4 N–H and O–H groups in total. The van der Waals surface area contributed by atoms with Crippen molar-refractivity contribution < 1.29 is 0 Å². The molecule has 0 spiro atoms. The molecule has 2 aromatic heterocycles. The van der Waals surface area contributed by atoms with E-state index in [1.54, 1.807) is 12.4 Å². The highest BCUT2D eigenvalue weighted by Crippen LogP contribution is 2.32. The Morgan fingerprint density at radius 1 is 1.04 bits per heavy atom. The molecular formula is C19H23N7. The van der Waals surface area contributed by atoms with E-state index in [0.717, 1.165) is 11.1 Å². The van der Waals surface area contributed by atoms with Gasteiger partial charge in [-0.15, -0.1) is 0 Å². The van der Waals surface area contributed by atoms with Gasteiger partial charge < -0.3 is 16.4 Å². The first-order valence-electron chi connectivity index (χ1n) is 8.37. The molecule has 0 aliphatic carbocycles. The molecule has 1 aromatic carbocycles. The van der Waals surface area contributed by atoms with Crippen molar-refractivity contribution >= 4 is 17.6 Å². The molecule has 2 heterocycles. The monoisotopic (exact) mass is 349 g/mol. The highest BCUT2D eigenvalue weighted by Gasteiger charge is 2.26. The van der Waals surface area contributed by atoms with Crippen LogP contribution in [0.1, 0.15) is 19.4 Å². The van der Waals surface area contributed by atoms with Gasteiger partial charge in [0.2, 0.25) is 5.95 Å². The third-order valence-electron chi connectivity index (χ3n) is 4.36. The summed E-state index contributed by atoms with van der Waals surface area (Å²) in [5, 5.41) is 0. The standard InChI is InChI=1S/C19H23N7/c1-19(2,12-20)14-11-23-18(21)25-17(14)26(3)15-9-10-22-16(24-15)13-7-5-4-6-8-13/h4-11H,12,20H2,1-3H3,(H2,21,23,25). The molecule has 0 bridgehead atoms. The molecule has 0 radical (unpaired) electrons. The van der Waals surface area contributed by atoms with E-state index >= 15 is 0 Å². The summed E-state index contributed by atoms with van der Waals surface area (Å²) in [6, 6.07) is 11.7. The number of anilines is 3. The van der Waals surface area contributed by atoms with Crippen molar-refractivity contribution in [3.63, 3.8) is 0 Å². The van der Waals surface area contributed by atoms with Crippen LogP contribution >= 0.6 is 0 Å². The predicted octanol–water partition coefficient (Wildman–Crippen LogP) is 2.52. The van der Waals surface area contributed by atoms with E-state index in [1.807, 2.05) is 48.3 Å². The van der Waals surface area contributed by atoms with Crippen LogP contribution in [0.2, 0.25) is 0 Å². The Morgan fingerprint density at radius 2 is 1.77 bits per heavy atom. The molecule has 0 amide bonds. The van der Waals surface area contributed by atoms with E-state index in [0.29, 0.717) is 24.0 Å². The molecule has 0 saturated carbocycles. The van der Waals surface area contributed by atoms with Crippen LogP contribution in [0, 0.1) is 0 Å². The fraction of sp³-hybridized carbons (Fsp3) is 0.263. The van der Waals surface area contributed by atoms with E-state index in [2.05, 4.69) is 33.8 Å². The molecule has 7 heteroatoms. The Kier molecular flexibility index (Phi) is 4.81. The normalized spacial score (nSPS) is 11.4. The summed E-state index contributed by atoms with van der Waals surface area (Å²) in [4.78, 5) is 19.5. The van der Waals surface area contributed by atoms with Gasteiger partial charge in [0, 0.05) is 42.5 Å². The predicted molar refractivity (Wildman–Crippen MR) is 104 cm³/mol. The molecule has 3 rings (SSSR count). The maximum atomic E-state index is 5.95. The zero-order valence-electron chi connectivity index (χ0n) is 15.2. The number of aromatic nitrogens is 4. The third kappa shape index (κ3) is 3.48. The van der Waals surface area contributed by atoms with Gasteiger partial charge in [0.15, 0.2) is 5.82 Å². The van der Waals surface area contributed by atoms with Crippen LogP contribution in [-0.4, -0.2) is 33.5 Å². The number of nitrogen functional groups attached to an aromatic ring is 1. The second kappa shape index (κ2) is 7.05. The maximum Gasteiger partial charge on any atom is 0.221 e. The van der Waals surface area contributed by atoms with Crippen molar-refractivity contribution in [1.29, 1.82) is 0 Å². The first-order chi connectivity index (χ1) is 12.4. The second-order valence-electron chi connectivity index (χ2n) is 6.72. The Balaban J connectivity index is 2.05. The average molecular weight is 349 g/mol. The lowest BCUT2D eigenvalue weighted by Gasteiger charge is -2.28. The molecule has 0 unspecified atom stereocenters. The summed E-state index contributed by atoms with van der Waals surface area (Å²) in [6.07, 6.45) is 3.47. The number of hydrogen-bond donors (Lipinski definition) is 2. The molecule has 0 saturated heterocycles. The highest BCUT2D eigenvalue weighted by atomic mass is 15.2. The van der Waals surface area contributed by atoms with Gasteiger partial charge in [0.1, 0.15) is 11.6 Å². The van der Waals surface area contributed by atoms with Crippen LogP contribution in [0.15, 0.2) is 48.8 Å². The minimum Gasteiger partial charge on any atom is -0.368 e. The van der Waals surface area contributed by atoms with E-state index < -0.39 is 0 Å². The van der Waals surface area contributed by atoms with Crippen molar-refractivity contribution in [2.45, 2.75) is 19.3 Å². The highest BCUT2D eigenvalue weighted by molar-refractivity contribution is 5.64. The molecule has 3 aromatic rings. The van der Waals surface area contributed by atoms with Crippen LogP contribution in [-0.2, 0) is 5.41 Å². The van der Waals surface area contributed by atoms with Crippen molar-refractivity contribution in [1.82, 2.24) is 19.9 Å². The minimum atomic E-state index is -0.299. The van der Waals surface area contributed by atoms with Crippen molar-refractivity contribution in [3.8, 4) is 11.4 Å². The molecule has 0 aliphatic heterocycles. The number of rotatable bonds is 5. The molecule has 0 fully saturated rings. The van der Waals surface area contributed by atoms with Gasteiger partial charge in [-0.3, -0.25) is 0 Å². The summed E-state index contributed by atoms with van der Waals surface area (Å²) < 4.78 is 0. The topological polar surface area (TPSA) is 107 Å². The van der Waals surface area contributed by atoms with Crippen LogP contribution in [0.4, 0.5) is 17.6 Å². The maximum absolute atomic E-state index is 5.95. The zero-order chi connectivity index (χ0) is 18.7. The largest absolute Gasteiger partial charge is 0.368 e. The fourth-order valence-corrected chi connectivity index (χ4v) is 2.60. The number of nitrogens with two attached hydrogens (primary N) is 2.